The van der Waals surface area contributed by atoms with Crippen LogP contribution in [-0.2, 0) is 0 Å². The van der Waals surface area contributed by atoms with Crippen molar-refractivity contribution < 1.29 is 14.5 Å². The average Bonchev–Trinajstić information content (AvgIpc) is 3.19. The van der Waals surface area contributed by atoms with Gasteiger partial charge < -0.3 is 14.5 Å². The van der Waals surface area contributed by atoms with Crippen LogP contribution >= 0.6 is 0 Å². The summed E-state index contributed by atoms with van der Waals surface area (Å²) in [5, 5.41) is 16.1. The van der Waals surface area contributed by atoms with Crippen LogP contribution in [0, 0.1) is 24.0 Å². The largest absolute Gasteiger partial charge is 0.494 e. The van der Waals surface area contributed by atoms with Crippen molar-refractivity contribution in [2.75, 3.05) is 37.7 Å². The van der Waals surface area contributed by atoms with E-state index in [4.69, 9.17) is 4.74 Å². The van der Waals surface area contributed by atoms with E-state index in [2.05, 4.69) is 10.00 Å². The Morgan fingerprint density at radius 1 is 1.06 bits per heavy atom. The van der Waals surface area contributed by atoms with Gasteiger partial charge in [-0.1, -0.05) is 6.92 Å². The predicted octanol–water partition coefficient (Wildman–Crippen LogP) is 4.15. The number of nitro benzene ring substituents is 1. The number of nitrogens with zero attached hydrogens (tertiary/aromatic N) is 5. The fraction of sp³-hybridized carbons (Fsp3) is 0.360. The molecule has 0 atom stereocenters. The maximum atomic E-state index is 12.9. The number of carbonyl (C=O) groups is 1. The first-order valence-electron chi connectivity index (χ1n) is 11.5. The van der Waals surface area contributed by atoms with E-state index < -0.39 is 0 Å². The lowest BCUT2D eigenvalue weighted by atomic mass is 10.1. The molecule has 1 aliphatic rings. The number of hydrogen-bond acceptors (Lipinski definition) is 6. The minimum Gasteiger partial charge on any atom is -0.494 e. The minimum absolute atomic E-state index is 0.00581. The molecule has 0 spiro atoms. The molecule has 0 bridgehead atoms. The third-order valence-electron chi connectivity index (χ3n) is 5.90. The third-order valence-corrected chi connectivity index (χ3v) is 5.90. The second-order valence-corrected chi connectivity index (χ2v) is 8.42. The number of piperazine rings is 1. The summed E-state index contributed by atoms with van der Waals surface area (Å²) in [6, 6.07) is 14.3. The molecular formula is C25H29N5O4. The molecule has 9 nitrogen and oxygen atoms in total. The number of benzene rings is 2. The first-order chi connectivity index (χ1) is 16.4. The highest BCUT2D eigenvalue weighted by atomic mass is 16.6. The van der Waals surface area contributed by atoms with E-state index >= 15 is 0 Å². The zero-order valence-corrected chi connectivity index (χ0v) is 19.7. The average molecular weight is 464 g/mol. The van der Waals surface area contributed by atoms with Gasteiger partial charge >= 0.3 is 0 Å². The van der Waals surface area contributed by atoms with Crippen molar-refractivity contribution in [1.29, 1.82) is 0 Å². The number of aromatic nitrogens is 2. The fourth-order valence-corrected chi connectivity index (χ4v) is 4.17. The Kier molecular flexibility index (Phi) is 6.81. The maximum Gasteiger partial charge on any atom is 0.295 e. The van der Waals surface area contributed by atoms with Crippen molar-refractivity contribution in [3.63, 3.8) is 0 Å². The monoisotopic (exact) mass is 463 g/mol. The van der Waals surface area contributed by atoms with Gasteiger partial charge in [0.15, 0.2) is 0 Å². The zero-order chi connectivity index (χ0) is 24.2. The zero-order valence-electron chi connectivity index (χ0n) is 19.7. The second-order valence-electron chi connectivity index (χ2n) is 8.42. The van der Waals surface area contributed by atoms with Crippen molar-refractivity contribution in [3.8, 4) is 11.4 Å². The second kappa shape index (κ2) is 9.94. The Labute approximate surface area is 198 Å². The van der Waals surface area contributed by atoms with Crippen molar-refractivity contribution >= 4 is 17.3 Å². The first-order valence-corrected chi connectivity index (χ1v) is 11.5. The summed E-state index contributed by atoms with van der Waals surface area (Å²) in [5.41, 5.74) is 3.60. The predicted molar refractivity (Wildman–Crippen MR) is 130 cm³/mol. The number of nitro groups is 1. The van der Waals surface area contributed by atoms with Crippen molar-refractivity contribution in [2.24, 2.45) is 0 Å². The number of hydrogen-bond donors (Lipinski definition) is 0. The van der Waals surface area contributed by atoms with Crippen LogP contribution in [0.15, 0.2) is 48.5 Å². The van der Waals surface area contributed by atoms with Crippen LogP contribution in [0.5, 0.6) is 5.75 Å². The van der Waals surface area contributed by atoms with Crippen LogP contribution in [0.25, 0.3) is 5.69 Å². The summed E-state index contributed by atoms with van der Waals surface area (Å²) >= 11 is 0. The van der Waals surface area contributed by atoms with E-state index in [1.807, 2.05) is 49.9 Å². The molecule has 4 rings (SSSR count). The molecule has 9 heteroatoms. The Morgan fingerprint density at radius 3 is 2.35 bits per heavy atom. The summed E-state index contributed by atoms with van der Waals surface area (Å²) in [7, 11) is 0. The van der Waals surface area contributed by atoms with Gasteiger partial charge in [0.2, 0.25) is 0 Å². The first kappa shape index (κ1) is 23.3. The standard InChI is InChI=1S/C25H29N5O4/c1-4-15-34-22-8-5-20(6-9-22)25(31)28-13-11-27(12-14-28)21-7-10-23(30(32)33)24(17-21)29-19(3)16-18(2)26-29/h5-10,16-17H,4,11-15H2,1-3H3. The SMILES string of the molecule is CCCOc1ccc(C(=O)N2CCN(c3ccc([N+](=O)[O-])c(-n4nc(C)cc4C)c3)CC2)cc1. The molecule has 34 heavy (non-hydrogen) atoms. The van der Waals surface area contributed by atoms with Crippen LogP contribution in [0.1, 0.15) is 35.1 Å². The number of amides is 1. The van der Waals surface area contributed by atoms with E-state index in [0.29, 0.717) is 44.0 Å². The van der Waals surface area contributed by atoms with Crippen LogP contribution in [0.3, 0.4) is 0 Å². The molecule has 1 saturated heterocycles. The normalized spacial score (nSPS) is 13.7. The summed E-state index contributed by atoms with van der Waals surface area (Å²) in [4.78, 5) is 28.2. The Morgan fingerprint density at radius 2 is 1.76 bits per heavy atom. The van der Waals surface area contributed by atoms with Crippen molar-refractivity contribution in [1.82, 2.24) is 14.7 Å². The highest BCUT2D eigenvalue weighted by Gasteiger charge is 2.25. The number of anilines is 1. The molecule has 2 aromatic carbocycles. The smallest absolute Gasteiger partial charge is 0.295 e. The van der Waals surface area contributed by atoms with Gasteiger partial charge in [0.1, 0.15) is 11.4 Å². The van der Waals surface area contributed by atoms with E-state index in [-0.39, 0.29) is 16.5 Å². The summed E-state index contributed by atoms with van der Waals surface area (Å²) in [6.07, 6.45) is 0.933. The number of rotatable bonds is 7. The van der Waals surface area contributed by atoms with E-state index in [0.717, 1.165) is 29.2 Å². The van der Waals surface area contributed by atoms with Gasteiger partial charge in [-0.15, -0.1) is 0 Å². The van der Waals surface area contributed by atoms with E-state index in [1.54, 1.807) is 22.9 Å². The topological polar surface area (TPSA) is 93.7 Å². The maximum absolute atomic E-state index is 12.9. The molecule has 0 saturated carbocycles. The van der Waals surface area contributed by atoms with Crippen molar-refractivity contribution in [3.05, 3.63) is 75.6 Å². The highest BCUT2D eigenvalue weighted by molar-refractivity contribution is 5.94. The molecule has 2 heterocycles. The quantitative estimate of drug-likeness (QED) is 0.386. The lowest BCUT2D eigenvalue weighted by molar-refractivity contribution is -0.384. The van der Waals surface area contributed by atoms with Crippen LogP contribution < -0.4 is 9.64 Å². The minimum atomic E-state index is -0.384. The van der Waals surface area contributed by atoms with Crippen molar-refractivity contribution in [2.45, 2.75) is 27.2 Å². The van der Waals surface area contributed by atoms with Crippen LogP contribution in [0.4, 0.5) is 11.4 Å². The molecule has 0 aliphatic carbocycles. The molecular weight excluding hydrogens is 434 g/mol. The molecule has 178 valence electrons. The molecule has 0 N–H and O–H groups in total. The summed E-state index contributed by atoms with van der Waals surface area (Å²) in [5.74, 6) is 0.758. The van der Waals surface area contributed by atoms with Gasteiger partial charge in [-0.05, 0) is 62.7 Å². The lowest BCUT2D eigenvalue weighted by Gasteiger charge is -2.36. The Balaban J connectivity index is 1.47. The number of aryl methyl sites for hydroxylation is 2. The molecule has 1 aliphatic heterocycles. The summed E-state index contributed by atoms with van der Waals surface area (Å²) < 4.78 is 7.21. The number of ether oxygens (including phenoxy) is 1. The van der Waals surface area contributed by atoms with E-state index in [1.165, 1.54) is 6.07 Å². The fourth-order valence-electron chi connectivity index (χ4n) is 4.17. The Hall–Kier alpha value is -3.88. The molecule has 0 radical (unpaired) electrons. The van der Waals surface area contributed by atoms with Gasteiger partial charge in [0.05, 0.1) is 17.2 Å². The van der Waals surface area contributed by atoms with E-state index in [9.17, 15) is 14.9 Å². The molecule has 1 fully saturated rings. The van der Waals surface area contributed by atoms with Crippen LogP contribution in [0.2, 0.25) is 0 Å². The molecule has 1 aromatic heterocycles. The third kappa shape index (κ3) is 4.88. The number of carbonyl (C=O) groups excluding carboxylic acids is 1. The highest BCUT2D eigenvalue weighted by Crippen LogP contribution is 2.30. The summed E-state index contributed by atoms with van der Waals surface area (Å²) in [6.45, 7) is 8.85. The van der Waals surface area contributed by atoms with Gasteiger partial charge in [-0.2, -0.15) is 5.10 Å². The van der Waals surface area contributed by atoms with Gasteiger partial charge in [-0.25, -0.2) is 4.68 Å². The lowest BCUT2D eigenvalue weighted by Crippen LogP contribution is -2.48. The molecule has 0 unspecified atom stereocenters. The van der Waals surface area contributed by atoms with Gasteiger partial charge in [0.25, 0.3) is 11.6 Å². The molecule has 3 aromatic rings. The van der Waals surface area contributed by atoms with Crippen LogP contribution in [-0.4, -0.2) is 58.3 Å². The molecule has 1 amide bonds. The van der Waals surface area contributed by atoms with Gasteiger partial charge in [0, 0.05) is 49.2 Å². The Bertz CT molecular complexity index is 1180. The van der Waals surface area contributed by atoms with Gasteiger partial charge in [-0.3, -0.25) is 14.9 Å².